The summed E-state index contributed by atoms with van der Waals surface area (Å²) < 4.78 is 0. The molecule has 0 saturated heterocycles. The standard InChI is InChI=1S/C14H22N2O/c1-11(12-7-5-4-6-8-12)9-13(17)16-10-14(2,3)15/h4-8,11H,9-10,15H2,1-3H3,(H,16,17). The zero-order valence-corrected chi connectivity index (χ0v) is 10.9. The van der Waals surface area contributed by atoms with Gasteiger partial charge in [0, 0.05) is 18.5 Å². The molecular weight excluding hydrogens is 212 g/mol. The van der Waals surface area contributed by atoms with E-state index in [1.807, 2.05) is 44.2 Å². The van der Waals surface area contributed by atoms with E-state index in [1.54, 1.807) is 0 Å². The van der Waals surface area contributed by atoms with Crippen LogP contribution in [0.4, 0.5) is 0 Å². The predicted octanol–water partition coefficient (Wildman–Crippen LogP) is 2.03. The number of benzene rings is 1. The molecule has 0 spiro atoms. The summed E-state index contributed by atoms with van der Waals surface area (Å²) in [5.74, 6) is 0.289. The molecule has 0 aromatic heterocycles. The summed E-state index contributed by atoms with van der Waals surface area (Å²) in [5.41, 5.74) is 6.64. The first kappa shape index (κ1) is 13.7. The molecule has 1 amide bonds. The van der Waals surface area contributed by atoms with Crippen LogP contribution in [0.2, 0.25) is 0 Å². The Kier molecular flexibility index (Phi) is 4.70. The van der Waals surface area contributed by atoms with E-state index in [9.17, 15) is 4.79 Å². The van der Waals surface area contributed by atoms with E-state index >= 15 is 0 Å². The summed E-state index contributed by atoms with van der Waals surface area (Å²) >= 11 is 0. The lowest BCUT2D eigenvalue weighted by Gasteiger charge is -2.20. The summed E-state index contributed by atoms with van der Waals surface area (Å²) in [6.45, 7) is 6.36. The Labute approximate surface area is 103 Å². The number of rotatable bonds is 5. The lowest BCUT2D eigenvalue weighted by atomic mass is 9.97. The highest BCUT2D eigenvalue weighted by Crippen LogP contribution is 2.17. The first-order valence-electron chi connectivity index (χ1n) is 5.99. The van der Waals surface area contributed by atoms with Crippen molar-refractivity contribution in [2.45, 2.75) is 38.6 Å². The van der Waals surface area contributed by atoms with E-state index in [0.717, 1.165) is 0 Å². The molecule has 0 aliphatic carbocycles. The third kappa shape index (κ3) is 5.50. The molecule has 3 heteroatoms. The molecule has 1 atom stereocenters. The van der Waals surface area contributed by atoms with Crippen LogP contribution in [0.3, 0.4) is 0 Å². The van der Waals surface area contributed by atoms with Crippen molar-refractivity contribution in [3.8, 4) is 0 Å². The molecule has 3 nitrogen and oxygen atoms in total. The molecule has 0 saturated carbocycles. The average molecular weight is 234 g/mol. The Bertz CT molecular complexity index is 354. The average Bonchev–Trinajstić information content (AvgIpc) is 2.27. The van der Waals surface area contributed by atoms with Crippen LogP contribution in [-0.2, 0) is 4.79 Å². The van der Waals surface area contributed by atoms with Crippen LogP contribution < -0.4 is 11.1 Å². The monoisotopic (exact) mass is 234 g/mol. The van der Waals surface area contributed by atoms with Gasteiger partial charge in [-0.2, -0.15) is 0 Å². The van der Waals surface area contributed by atoms with Gasteiger partial charge in [-0.25, -0.2) is 0 Å². The lowest BCUT2D eigenvalue weighted by Crippen LogP contribution is -2.45. The van der Waals surface area contributed by atoms with Crippen LogP contribution in [-0.4, -0.2) is 18.0 Å². The second-order valence-electron chi connectivity index (χ2n) is 5.28. The van der Waals surface area contributed by atoms with Crippen LogP contribution in [0.25, 0.3) is 0 Å². The van der Waals surface area contributed by atoms with Gasteiger partial charge in [-0.3, -0.25) is 4.79 Å². The summed E-state index contributed by atoms with van der Waals surface area (Å²) in [7, 11) is 0. The van der Waals surface area contributed by atoms with Gasteiger partial charge in [0.15, 0.2) is 0 Å². The predicted molar refractivity (Wildman–Crippen MR) is 70.8 cm³/mol. The Morgan fingerprint density at radius 2 is 1.94 bits per heavy atom. The third-order valence-electron chi connectivity index (χ3n) is 2.60. The van der Waals surface area contributed by atoms with Crippen LogP contribution in [0.1, 0.15) is 38.7 Å². The van der Waals surface area contributed by atoms with E-state index in [1.165, 1.54) is 5.56 Å². The Balaban J connectivity index is 2.42. The number of nitrogens with one attached hydrogen (secondary N) is 1. The molecule has 0 bridgehead atoms. The summed E-state index contributed by atoms with van der Waals surface area (Å²) in [5, 5.41) is 2.86. The number of hydrogen-bond acceptors (Lipinski definition) is 2. The van der Waals surface area contributed by atoms with Gasteiger partial charge in [0.25, 0.3) is 0 Å². The highest BCUT2D eigenvalue weighted by molar-refractivity contribution is 5.76. The fraction of sp³-hybridized carbons (Fsp3) is 0.500. The molecule has 0 aliphatic rings. The SMILES string of the molecule is CC(CC(=O)NCC(C)(C)N)c1ccccc1. The van der Waals surface area contributed by atoms with E-state index in [4.69, 9.17) is 5.73 Å². The Morgan fingerprint density at radius 1 is 1.35 bits per heavy atom. The fourth-order valence-electron chi connectivity index (χ4n) is 1.58. The minimum atomic E-state index is -0.356. The number of carbonyl (C=O) groups excluding carboxylic acids is 1. The lowest BCUT2D eigenvalue weighted by molar-refractivity contribution is -0.121. The highest BCUT2D eigenvalue weighted by Gasteiger charge is 2.14. The second kappa shape index (κ2) is 5.82. The van der Waals surface area contributed by atoms with Gasteiger partial charge in [0.2, 0.25) is 5.91 Å². The topological polar surface area (TPSA) is 55.1 Å². The maximum absolute atomic E-state index is 11.7. The van der Waals surface area contributed by atoms with Gasteiger partial charge in [0.05, 0.1) is 0 Å². The quantitative estimate of drug-likeness (QED) is 0.819. The van der Waals surface area contributed by atoms with Gasteiger partial charge in [-0.05, 0) is 25.3 Å². The van der Waals surface area contributed by atoms with E-state index in [-0.39, 0.29) is 17.4 Å². The molecule has 1 aromatic carbocycles. The fourth-order valence-corrected chi connectivity index (χ4v) is 1.58. The van der Waals surface area contributed by atoms with Crippen LogP contribution in [0.5, 0.6) is 0 Å². The maximum atomic E-state index is 11.7. The van der Waals surface area contributed by atoms with Crippen molar-refractivity contribution < 1.29 is 4.79 Å². The zero-order valence-electron chi connectivity index (χ0n) is 10.9. The molecule has 1 unspecified atom stereocenters. The van der Waals surface area contributed by atoms with Gasteiger partial charge in [-0.1, -0.05) is 37.3 Å². The van der Waals surface area contributed by atoms with Crippen LogP contribution in [0, 0.1) is 0 Å². The highest BCUT2D eigenvalue weighted by atomic mass is 16.1. The van der Waals surface area contributed by atoms with Crippen molar-refractivity contribution >= 4 is 5.91 Å². The van der Waals surface area contributed by atoms with Crippen molar-refractivity contribution in [2.24, 2.45) is 5.73 Å². The van der Waals surface area contributed by atoms with Crippen molar-refractivity contribution in [3.63, 3.8) is 0 Å². The third-order valence-corrected chi connectivity index (χ3v) is 2.60. The molecule has 3 N–H and O–H groups in total. The van der Waals surface area contributed by atoms with Gasteiger partial charge < -0.3 is 11.1 Å². The van der Waals surface area contributed by atoms with E-state index < -0.39 is 0 Å². The minimum absolute atomic E-state index is 0.0554. The molecular formula is C14H22N2O. The van der Waals surface area contributed by atoms with Crippen molar-refractivity contribution in [1.29, 1.82) is 0 Å². The zero-order chi connectivity index (χ0) is 12.9. The number of carbonyl (C=O) groups is 1. The summed E-state index contributed by atoms with van der Waals surface area (Å²) in [6.07, 6.45) is 0.500. The molecule has 0 fully saturated rings. The second-order valence-corrected chi connectivity index (χ2v) is 5.28. The summed E-state index contributed by atoms with van der Waals surface area (Å²) in [6, 6.07) is 10.1. The van der Waals surface area contributed by atoms with Gasteiger partial charge in [-0.15, -0.1) is 0 Å². The van der Waals surface area contributed by atoms with Crippen molar-refractivity contribution in [3.05, 3.63) is 35.9 Å². The molecule has 1 aromatic rings. The van der Waals surface area contributed by atoms with E-state index in [2.05, 4.69) is 12.2 Å². The maximum Gasteiger partial charge on any atom is 0.220 e. The first-order chi connectivity index (χ1) is 7.88. The summed E-state index contributed by atoms with van der Waals surface area (Å²) in [4.78, 5) is 11.7. The van der Waals surface area contributed by atoms with Gasteiger partial charge >= 0.3 is 0 Å². The molecule has 17 heavy (non-hydrogen) atoms. The van der Waals surface area contributed by atoms with E-state index in [0.29, 0.717) is 13.0 Å². The molecule has 0 heterocycles. The van der Waals surface area contributed by atoms with Crippen molar-refractivity contribution in [1.82, 2.24) is 5.32 Å². The van der Waals surface area contributed by atoms with Crippen LogP contribution in [0.15, 0.2) is 30.3 Å². The number of nitrogens with two attached hydrogens (primary N) is 1. The number of amides is 1. The number of hydrogen-bond donors (Lipinski definition) is 2. The van der Waals surface area contributed by atoms with Gasteiger partial charge in [0.1, 0.15) is 0 Å². The molecule has 0 aliphatic heterocycles. The molecule has 94 valence electrons. The smallest absolute Gasteiger partial charge is 0.220 e. The normalized spacial score (nSPS) is 13.2. The van der Waals surface area contributed by atoms with Crippen molar-refractivity contribution in [2.75, 3.05) is 6.54 Å². The Hall–Kier alpha value is -1.35. The first-order valence-corrected chi connectivity index (χ1v) is 5.99. The molecule has 1 rings (SSSR count). The largest absolute Gasteiger partial charge is 0.354 e. The minimum Gasteiger partial charge on any atom is -0.354 e. The Morgan fingerprint density at radius 3 is 2.47 bits per heavy atom. The molecule has 0 radical (unpaired) electrons. The van der Waals surface area contributed by atoms with Crippen LogP contribution >= 0.6 is 0 Å².